The molecule has 0 spiro atoms. The van der Waals surface area contributed by atoms with Gasteiger partial charge < -0.3 is 20.1 Å². The molecule has 2 heterocycles. The van der Waals surface area contributed by atoms with Crippen molar-refractivity contribution in [1.82, 2.24) is 25.1 Å². The molecule has 0 saturated heterocycles. The van der Waals surface area contributed by atoms with E-state index in [0.717, 1.165) is 5.75 Å². The van der Waals surface area contributed by atoms with Crippen LogP contribution < -0.4 is 20.1 Å². The quantitative estimate of drug-likeness (QED) is 0.324. The Hall–Kier alpha value is -4.12. The zero-order chi connectivity index (χ0) is 24.6. The van der Waals surface area contributed by atoms with Crippen LogP contribution in [-0.4, -0.2) is 58.1 Å². The molecule has 0 fully saturated rings. The Morgan fingerprint density at radius 1 is 0.914 bits per heavy atom. The molecule has 10 nitrogen and oxygen atoms in total. The van der Waals surface area contributed by atoms with Gasteiger partial charge in [0.15, 0.2) is 11.5 Å². The Labute approximate surface area is 206 Å². The van der Waals surface area contributed by atoms with E-state index in [-0.39, 0.29) is 17.6 Å². The summed E-state index contributed by atoms with van der Waals surface area (Å²) >= 11 is 1.31. The molecule has 0 unspecified atom stereocenters. The first-order chi connectivity index (χ1) is 17.1. The maximum Gasteiger partial charge on any atom is 0.251 e. The SMILES string of the molecule is COc1ccc(NC(=O)CSc2ccc3nnc(CCNC(=O)c4ccc(OC)cc4)n3n2)cc1. The first-order valence-electron chi connectivity index (χ1n) is 10.8. The number of nitrogens with one attached hydrogen (secondary N) is 2. The Bertz CT molecular complexity index is 1310. The van der Waals surface area contributed by atoms with Gasteiger partial charge in [0.25, 0.3) is 5.91 Å². The average molecular weight is 493 g/mol. The molecule has 4 rings (SSSR count). The van der Waals surface area contributed by atoms with E-state index in [1.165, 1.54) is 11.8 Å². The monoisotopic (exact) mass is 492 g/mol. The van der Waals surface area contributed by atoms with Gasteiger partial charge in [-0.3, -0.25) is 9.59 Å². The third-order valence-electron chi connectivity index (χ3n) is 5.01. The third-order valence-corrected chi connectivity index (χ3v) is 5.93. The minimum atomic E-state index is -0.187. The molecular formula is C24H24N6O4S. The zero-order valence-electron chi connectivity index (χ0n) is 19.2. The zero-order valence-corrected chi connectivity index (χ0v) is 20.0. The van der Waals surface area contributed by atoms with Crippen molar-refractivity contribution in [2.75, 3.05) is 31.8 Å². The number of nitrogens with zero attached hydrogens (tertiary/aromatic N) is 4. The fraction of sp³-hybridized carbons (Fsp3) is 0.208. The summed E-state index contributed by atoms with van der Waals surface area (Å²) in [5.74, 6) is 1.88. The lowest BCUT2D eigenvalue weighted by Crippen LogP contribution is -2.26. The van der Waals surface area contributed by atoms with Crippen molar-refractivity contribution in [3.8, 4) is 11.5 Å². The van der Waals surface area contributed by atoms with E-state index in [0.29, 0.717) is 46.5 Å². The van der Waals surface area contributed by atoms with Gasteiger partial charge in [-0.2, -0.15) is 9.61 Å². The number of fused-ring (bicyclic) bond motifs is 1. The third kappa shape index (κ3) is 6.27. The molecule has 2 aromatic heterocycles. The minimum Gasteiger partial charge on any atom is -0.497 e. The number of hydrogen-bond acceptors (Lipinski definition) is 8. The van der Waals surface area contributed by atoms with Gasteiger partial charge in [0.05, 0.1) is 20.0 Å². The molecule has 11 heteroatoms. The predicted molar refractivity (Wildman–Crippen MR) is 132 cm³/mol. The second-order valence-corrected chi connectivity index (χ2v) is 8.35. The number of anilines is 1. The Morgan fingerprint density at radius 3 is 2.29 bits per heavy atom. The molecule has 2 amide bonds. The van der Waals surface area contributed by atoms with E-state index < -0.39 is 0 Å². The molecule has 0 aliphatic heterocycles. The largest absolute Gasteiger partial charge is 0.497 e. The van der Waals surface area contributed by atoms with E-state index in [1.807, 2.05) is 0 Å². The molecule has 4 aromatic rings. The van der Waals surface area contributed by atoms with Gasteiger partial charge >= 0.3 is 0 Å². The number of amides is 2. The van der Waals surface area contributed by atoms with Gasteiger partial charge in [-0.05, 0) is 60.7 Å². The van der Waals surface area contributed by atoms with Crippen molar-refractivity contribution >= 4 is 34.9 Å². The van der Waals surface area contributed by atoms with Crippen molar-refractivity contribution in [3.05, 3.63) is 72.1 Å². The number of carbonyl (C=O) groups is 2. The first kappa shape index (κ1) is 24.0. The number of carbonyl (C=O) groups excluding carboxylic acids is 2. The highest BCUT2D eigenvalue weighted by Crippen LogP contribution is 2.18. The van der Waals surface area contributed by atoms with Gasteiger partial charge in [-0.25, -0.2) is 0 Å². The van der Waals surface area contributed by atoms with Crippen LogP contribution in [0.2, 0.25) is 0 Å². The van der Waals surface area contributed by atoms with Crippen molar-refractivity contribution in [3.63, 3.8) is 0 Å². The lowest BCUT2D eigenvalue weighted by molar-refractivity contribution is -0.113. The van der Waals surface area contributed by atoms with Crippen molar-refractivity contribution in [2.24, 2.45) is 0 Å². The molecule has 0 atom stereocenters. The van der Waals surface area contributed by atoms with Gasteiger partial charge in [0.1, 0.15) is 16.5 Å². The Morgan fingerprint density at radius 2 is 1.60 bits per heavy atom. The molecule has 2 aromatic carbocycles. The topological polar surface area (TPSA) is 120 Å². The van der Waals surface area contributed by atoms with Crippen LogP contribution >= 0.6 is 11.8 Å². The summed E-state index contributed by atoms with van der Waals surface area (Å²) in [7, 11) is 3.17. The van der Waals surface area contributed by atoms with E-state index in [4.69, 9.17) is 9.47 Å². The number of aromatic nitrogens is 4. The molecule has 2 N–H and O–H groups in total. The van der Waals surface area contributed by atoms with Gasteiger partial charge in [-0.1, -0.05) is 11.8 Å². The highest BCUT2D eigenvalue weighted by molar-refractivity contribution is 7.99. The van der Waals surface area contributed by atoms with Gasteiger partial charge in [0, 0.05) is 24.2 Å². The molecule has 0 saturated carbocycles. The van der Waals surface area contributed by atoms with Crippen molar-refractivity contribution < 1.29 is 19.1 Å². The van der Waals surface area contributed by atoms with Gasteiger partial charge in [-0.15, -0.1) is 10.2 Å². The van der Waals surface area contributed by atoms with E-state index in [1.54, 1.807) is 79.4 Å². The van der Waals surface area contributed by atoms with E-state index in [2.05, 4.69) is 25.9 Å². The highest BCUT2D eigenvalue weighted by atomic mass is 32.2. The summed E-state index contributed by atoms with van der Waals surface area (Å²) in [4.78, 5) is 24.7. The number of benzene rings is 2. The molecule has 0 radical (unpaired) electrons. The van der Waals surface area contributed by atoms with Crippen LogP contribution in [0.25, 0.3) is 5.65 Å². The maximum atomic E-state index is 12.3. The summed E-state index contributed by atoms with van der Waals surface area (Å²) in [5.41, 5.74) is 1.83. The van der Waals surface area contributed by atoms with Crippen molar-refractivity contribution in [1.29, 1.82) is 0 Å². The fourth-order valence-electron chi connectivity index (χ4n) is 3.19. The molecule has 0 aliphatic carbocycles. The Kier molecular flexibility index (Phi) is 7.78. The summed E-state index contributed by atoms with van der Waals surface area (Å²) in [5, 5.41) is 19.2. The summed E-state index contributed by atoms with van der Waals surface area (Å²) in [6.45, 7) is 0.370. The van der Waals surface area contributed by atoms with Crippen LogP contribution in [0.3, 0.4) is 0 Å². The first-order valence-corrected chi connectivity index (χ1v) is 11.7. The smallest absolute Gasteiger partial charge is 0.251 e. The number of ether oxygens (including phenoxy) is 2. The standard InChI is InChI=1S/C24H24N6O4S/c1-33-18-7-3-16(4-8-18)24(32)25-14-13-21-28-27-20-11-12-23(29-30(20)21)35-15-22(31)26-17-5-9-19(34-2)10-6-17/h3-12H,13-15H2,1-2H3,(H,25,32)(H,26,31). The molecule has 0 bridgehead atoms. The van der Waals surface area contributed by atoms with Crippen molar-refractivity contribution in [2.45, 2.75) is 11.4 Å². The summed E-state index contributed by atoms with van der Waals surface area (Å²) < 4.78 is 11.9. The van der Waals surface area contributed by atoms with E-state index >= 15 is 0 Å². The molecule has 180 valence electrons. The van der Waals surface area contributed by atoms with E-state index in [9.17, 15) is 9.59 Å². The fourth-order valence-corrected chi connectivity index (χ4v) is 3.85. The normalized spacial score (nSPS) is 10.7. The summed E-state index contributed by atoms with van der Waals surface area (Å²) in [6.07, 6.45) is 0.447. The van der Waals surface area contributed by atoms with Crippen LogP contribution in [0, 0.1) is 0 Å². The van der Waals surface area contributed by atoms with Crippen LogP contribution in [0.1, 0.15) is 16.2 Å². The Balaban J connectivity index is 1.31. The second-order valence-electron chi connectivity index (χ2n) is 7.36. The average Bonchev–Trinajstić information content (AvgIpc) is 3.30. The number of hydrogen-bond donors (Lipinski definition) is 2. The molecule has 35 heavy (non-hydrogen) atoms. The van der Waals surface area contributed by atoms with Crippen LogP contribution in [0.5, 0.6) is 11.5 Å². The maximum absolute atomic E-state index is 12.3. The van der Waals surface area contributed by atoms with Crippen LogP contribution in [0.4, 0.5) is 5.69 Å². The second kappa shape index (κ2) is 11.3. The number of methoxy groups -OCH3 is 2. The number of thioether (sulfide) groups is 1. The molecular weight excluding hydrogens is 468 g/mol. The number of rotatable bonds is 10. The highest BCUT2D eigenvalue weighted by Gasteiger charge is 2.11. The lowest BCUT2D eigenvalue weighted by Gasteiger charge is -2.07. The van der Waals surface area contributed by atoms with Crippen LogP contribution in [-0.2, 0) is 11.2 Å². The minimum absolute atomic E-state index is 0.146. The summed E-state index contributed by atoms with van der Waals surface area (Å²) in [6, 6.07) is 17.6. The van der Waals surface area contributed by atoms with Gasteiger partial charge in [0.2, 0.25) is 5.91 Å². The predicted octanol–water partition coefficient (Wildman–Crippen LogP) is 2.84. The molecule has 0 aliphatic rings. The lowest BCUT2D eigenvalue weighted by atomic mass is 10.2. The van der Waals surface area contributed by atoms with Crippen LogP contribution in [0.15, 0.2) is 65.7 Å².